The minimum absolute atomic E-state index is 0.263. The first kappa shape index (κ1) is 11.9. The quantitative estimate of drug-likeness (QED) is 0.663. The highest BCUT2D eigenvalue weighted by molar-refractivity contribution is 7.85. The summed E-state index contributed by atoms with van der Waals surface area (Å²) in [6.45, 7) is 9.29. The SMILES string of the molecule is C/C(=N\[S@](=O)C(C)(C)C)C1CCOC1. The van der Waals surface area contributed by atoms with Crippen LogP contribution in [-0.4, -0.2) is 27.9 Å². The van der Waals surface area contributed by atoms with E-state index in [-0.39, 0.29) is 4.75 Å². The van der Waals surface area contributed by atoms with E-state index in [1.165, 1.54) is 0 Å². The monoisotopic (exact) mass is 217 g/mol. The molecule has 1 fully saturated rings. The molecule has 4 heteroatoms. The molecule has 0 aromatic carbocycles. The van der Waals surface area contributed by atoms with E-state index in [1.807, 2.05) is 27.7 Å². The fourth-order valence-electron chi connectivity index (χ4n) is 1.21. The molecule has 1 heterocycles. The molecule has 0 aliphatic carbocycles. The van der Waals surface area contributed by atoms with Crippen LogP contribution in [0, 0.1) is 5.92 Å². The summed E-state index contributed by atoms with van der Waals surface area (Å²) in [5, 5.41) is 0. The highest BCUT2D eigenvalue weighted by atomic mass is 32.2. The fourth-order valence-corrected chi connectivity index (χ4v) is 1.89. The lowest BCUT2D eigenvalue weighted by Gasteiger charge is -2.15. The lowest BCUT2D eigenvalue weighted by molar-refractivity contribution is 0.193. The third-order valence-electron chi connectivity index (χ3n) is 2.27. The van der Waals surface area contributed by atoms with E-state index in [0.717, 1.165) is 25.3 Å². The van der Waals surface area contributed by atoms with Gasteiger partial charge in [0.1, 0.15) is 11.0 Å². The summed E-state index contributed by atoms with van der Waals surface area (Å²) in [5.41, 5.74) is 0.968. The molecule has 82 valence electrons. The van der Waals surface area contributed by atoms with Crippen molar-refractivity contribution in [1.82, 2.24) is 0 Å². The van der Waals surface area contributed by atoms with Gasteiger partial charge >= 0.3 is 0 Å². The van der Waals surface area contributed by atoms with Crippen LogP contribution in [0.3, 0.4) is 0 Å². The Bertz CT molecular complexity index is 249. The van der Waals surface area contributed by atoms with Crippen LogP contribution in [0.15, 0.2) is 4.40 Å². The second-order valence-corrected chi connectivity index (χ2v) is 6.56. The summed E-state index contributed by atoms with van der Waals surface area (Å²) >= 11 is 0. The van der Waals surface area contributed by atoms with Gasteiger partial charge in [-0.3, -0.25) is 0 Å². The van der Waals surface area contributed by atoms with Crippen LogP contribution in [-0.2, 0) is 15.7 Å². The topological polar surface area (TPSA) is 38.7 Å². The van der Waals surface area contributed by atoms with Crippen molar-refractivity contribution in [3.05, 3.63) is 0 Å². The molecular weight excluding hydrogens is 198 g/mol. The molecule has 3 nitrogen and oxygen atoms in total. The molecule has 2 atom stereocenters. The largest absolute Gasteiger partial charge is 0.381 e. The van der Waals surface area contributed by atoms with Gasteiger partial charge in [-0.05, 0) is 34.1 Å². The number of rotatable bonds is 2. The predicted octanol–water partition coefficient (Wildman–Crippen LogP) is 1.95. The van der Waals surface area contributed by atoms with Crippen molar-refractivity contribution in [2.24, 2.45) is 10.3 Å². The van der Waals surface area contributed by atoms with Crippen molar-refractivity contribution in [3.8, 4) is 0 Å². The van der Waals surface area contributed by atoms with Gasteiger partial charge in [0, 0.05) is 18.2 Å². The standard InChI is InChI=1S/C10H19NO2S/c1-8(9-5-6-13-7-9)11-14(12)10(2,3)4/h9H,5-7H2,1-4H3/b11-8+/t9?,14-/m1/s1. The van der Waals surface area contributed by atoms with E-state index >= 15 is 0 Å². The molecule has 0 radical (unpaired) electrons. The van der Waals surface area contributed by atoms with Crippen LogP contribution < -0.4 is 0 Å². The van der Waals surface area contributed by atoms with E-state index in [1.54, 1.807) is 0 Å². The molecule has 1 aliphatic heterocycles. The van der Waals surface area contributed by atoms with Gasteiger partial charge in [-0.25, -0.2) is 4.21 Å². The average molecular weight is 217 g/mol. The van der Waals surface area contributed by atoms with E-state index < -0.39 is 11.0 Å². The zero-order valence-electron chi connectivity index (χ0n) is 9.37. The van der Waals surface area contributed by atoms with Crippen molar-refractivity contribution >= 4 is 16.7 Å². The van der Waals surface area contributed by atoms with Crippen LogP contribution in [0.2, 0.25) is 0 Å². The van der Waals surface area contributed by atoms with Crippen LogP contribution in [0.1, 0.15) is 34.1 Å². The third-order valence-corrected chi connectivity index (χ3v) is 3.77. The van der Waals surface area contributed by atoms with E-state index in [0.29, 0.717) is 5.92 Å². The van der Waals surface area contributed by atoms with E-state index in [9.17, 15) is 4.21 Å². The summed E-state index contributed by atoms with van der Waals surface area (Å²) in [6.07, 6.45) is 1.01. The Morgan fingerprint density at radius 1 is 1.50 bits per heavy atom. The van der Waals surface area contributed by atoms with Crippen LogP contribution in [0.25, 0.3) is 0 Å². The Morgan fingerprint density at radius 2 is 2.14 bits per heavy atom. The number of nitrogens with zero attached hydrogens (tertiary/aromatic N) is 1. The molecule has 1 aliphatic rings. The average Bonchev–Trinajstić information content (AvgIpc) is 2.53. The van der Waals surface area contributed by atoms with Crippen LogP contribution in [0.5, 0.6) is 0 Å². The first-order chi connectivity index (χ1) is 6.41. The molecule has 1 saturated heterocycles. The fraction of sp³-hybridized carbons (Fsp3) is 0.900. The maximum absolute atomic E-state index is 11.7. The highest BCUT2D eigenvalue weighted by Gasteiger charge is 2.23. The second-order valence-electron chi connectivity index (χ2n) is 4.65. The van der Waals surface area contributed by atoms with Crippen molar-refractivity contribution < 1.29 is 8.95 Å². The predicted molar refractivity (Wildman–Crippen MR) is 59.9 cm³/mol. The number of hydrogen-bond donors (Lipinski definition) is 0. The summed E-state index contributed by atoms with van der Waals surface area (Å²) < 4.78 is 21.0. The van der Waals surface area contributed by atoms with Crippen LogP contribution in [0.4, 0.5) is 0 Å². The van der Waals surface area contributed by atoms with Gasteiger partial charge in [0.05, 0.1) is 11.4 Å². The molecule has 0 saturated carbocycles. The molecule has 1 rings (SSSR count). The number of ether oxygens (including phenoxy) is 1. The molecular formula is C10H19NO2S. The van der Waals surface area contributed by atoms with Gasteiger partial charge in [-0.1, -0.05) is 0 Å². The molecule has 1 unspecified atom stereocenters. The zero-order valence-corrected chi connectivity index (χ0v) is 10.2. The summed E-state index contributed by atoms with van der Waals surface area (Å²) in [5.74, 6) is 0.376. The number of hydrogen-bond acceptors (Lipinski definition) is 2. The minimum atomic E-state index is -1.13. The van der Waals surface area contributed by atoms with E-state index in [4.69, 9.17) is 4.74 Å². The maximum atomic E-state index is 11.7. The van der Waals surface area contributed by atoms with Crippen molar-refractivity contribution in [2.45, 2.75) is 38.9 Å². The third kappa shape index (κ3) is 3.17. The van der Waals surface area contributed by atoms with Gasteiger partial charge in [-0.2, -0.15) is 4.40 Å². The Labute approximate surface area is 88.5 Å². The Hall–Kier alpha value is -0.220. The zero-order chi connectivity index (χ0) is 10.8. The van der Waals surface area contributed by atoms with Crippen molar-refractivity contribution in [2.75, 3.05) is 13.2 Å². The highest BCUT2D eigenvalue weighted by Crippen LogP contribution is 2.18. The van der Waals surface area contributed by atoms with Gasteiger partial charge in [0.15, 0.2) is 0 Å². The molecule has 0 aromatic heterocycles. The Kier molecular flexibility index (Phi) is 3.84. The normalized spacial score (nSPS) is 26.6. The van der Waals surface area contributed by atoms with E-state index in [2.05, 4.69) is 4.40 Å². The maximum Gasteiger partial charge on any atom is 0.144 e. The second kappa shape index (κ2) is 4.53. The summed E-state index contributed by atoms with van der Waals surface area (Å²) in [4.78, 5) is 0. The molecule has 0 aromatic rings. The van der Waals surface area contributed by atoms with Gasteiger partial charge in [-0.15, -0.1) is 0 Å². The first-order valence-electron chi connectivity index (χ1n) is 4.96. The lowest BCUT2D eigenvalue weighted by atomic mass is 10.1. The molecule has 0 bridgehead atoms. The van der Waals surface area contributed by atoms with Gasteiger partial charge in [0.25, 0.3) is 0 Å². The minimum Gasteiger partial charge on any atom is -0.381 e. The molecule has 0 N–H and O–H groups in total. The molecule has 14 heavy (non-hydrogen) atoms. The van der Waals surface area contributed by atoms with Crippen molar-refractivity contribution in [3.63, 3.8) is 0 Å². The van der Waals surface area contributed by atoms with Gasteiger partial charge < -0.3 is 4.74 Å². The van der Waals surface area contributed by atoms with Crippen molar-refractivity contribution in [1.29, 1.82) is 0 Å². The molecule has 0 amide bonds. The smallest absolute Gasteiger partial charge is 0.144 e. The first-order valence-corrected chi connectivity index (χ1v) is 6.07. The summed E-state index contributed by atoms with van der Waals surface area (Å²) in [7, 11) is -1.13. The Morgan fingerprint density at radius 3 is 2.57 bits per heavy atom. The van der Waals surface area contributed by atoms with Gasteiger partial charge in [0.2, 0.25) is 0 Å². The van der Waals surface area contributed by atoms with Crippen LogP contribution >= 0.6 is 0 Å². The lowest BCUT2D eigenvalue weighted by Crippen LogP contribution is -2.22. The Balaban J connectivity index is 2.63. The molecule has 0 spiro atoms. The summed E-state index contributed by atoms with van der Waals surface area (Å²) in [6, 6.07) is 0.